The Morgan fingerprint density at radius 3 is 1.74 bits per heavy atom. The van der Waals surface area contributed by atoms with E-state index in [0.29, 0.717) is 0 Å². The number of nitrogens with one attached hydrogen (secondary N) is 3. The predicted octanol–water partition coefficient (Wildman–Crippen LogP) is 3.83. The van der Waals surface area contributed by atoms with Crippen LogP contribution >= 0.6 is 0 Å². The Morgan fingerprint density at radius 2 is 1.19 bits per heavy atom. The van der Waals surface area contributed by atoms with Gasteiger partial charge in [-0.2, -0.15) is 40.2 Å². The highest BCUT2D eigenvalue weighted by atomic mass is 32.2. The third kappa shape index (κ3) is 6.79. The van der Waals surface area contributed by atoms with Gasteiger partial charge >= 0.3 is 6.01 Å². The highest BCUT2D eigenvalue weighted by Crippen LogP contribution is 2.44. The molecule has 280 valence electrons. The predicted molar refractivity (Wildman–Crippen MR) is 192 cm³/mol. The number of rotatable bonds is 9. The zero-order valence-corrected chi connectivity index (χ0v) is 30.3. The van der Waals surface area contributed by atoms with Gasteiger partial charge in [-0.1, -0.05) is 30.3 Å². The lowest BCUT2D eigenvalue weighted by Gasteiger charge is -2.26. The smallest absolute Gasteiger partial charge is 0.320 e. The zero-order chi connectivity index (χ0) is 39.7. The molecule has 0 spiro atoms. The van der Waals surface area contributed by atoms with E-state index in [1.807, 2.05) is 0 Å². The van der Waals surface area contributed by atoms with Crippen molar-refractivity contribution in [2.45, 2.75) is 35.5 Å². The van der Waals surface area contributed by atoms with Gasteiger partial charge in [0.1, 0.15) is 9.79 Å². The fourth-order valence-corrected chi connectivity index (χ4v) is 8.30. The second kappa shape index (κ2) is 13.1. The fraction of sp³-hybridized carbons (Fsp3) is 0.0938. The van der Waals surface area contributed by atoms with E-state index in [2.05, 4.69) is 30.9 Å². The van der Waals surface area contributed by atoms with Gasteiger partial charge in [-0.25, -0.2) is 0 Å². The molecule has 0 saturated carbocycles. The molecule has 0 amide bonds. The molecule has 54 heavy (non-hydrogen) atoms. The lowest BCUT2D eigenvalue weighted by Crippen LogP contribution is -2.25. The third-order valence-corrected chi connectivity index (χ3v) is 11.3. The molecule has 9 N–H and O–H groups in total. The molecule has 0 radical (unpaired) electrons. The molecule has 1 aliphatic rings. The number of anilines is 7. The molecule has 0 atom stereocenters. The van der Waals surface area contributed by atoms with Gasteiger partial charge in [0.2, 0.25) is 11.9 Å². The molecular formula is C32H27N7O12S3. The van der Waals surface area contributed by atoms with Crippen LogP contribution in [0.15, 0.2) is 69.3 Å². The number of carbonyl (C=O) groups excluding carboxylic acids is 2. The number of nitrogens with zero attached hydrogens (tertiary/aromatic N) is 3. The van der Waals surface area contributed by atoms with Crippen LogP contribution in [0.2, 0.25) is 0 Å². The molecular weight excluding hydrogens is 771 g/mol. The van der Waals surface area contributed by atoms with Crippen LogP contribution in [-0.2, 0) is 30.4 Å². The van der Waals surface area contributed by atoms with Crippen molar-refractivity contribution in [2.24, 2.45) is 0 Å². The SMILES string of the molecule is Cc1c(Nc2nc(O)nc(Nc3cccc(S(=O)(=O)O)c3)n2)c(C)c(S(=O)(=O)O)c(C)c1Nc1cc(S(=O)(=O)O)c(N)c2c1C(=O)c1ccccc1C2=O. The van der Waals surface area contributed by atoms with Gasteiger partial charge in [0.15, 0.2) is 11.6 Å². The largest absolute Gasteiger partial charge is 0.479 e. The van der Waals surface area contributed by atoms with Crippen molar-refractivity contribution in [1.82, 2.24) is 15.0 Å². The zero-order valence-electron chi connectivity index (χ0n) is 27.9. The van der Waals surface area contributed by atoms with E-state index < -0.39 is 79.8 Å². The summed E-state index contributed by atoms with van der Waals surface area (Å²) in [5.41, 5.74) is 3.72. The second-order valence-corrected chi connectivity index (χ2v) is 16.0. The molecule has 0 unspecified atom stereocenters. The summed E-state index contributed by atoms with van der Waals surface area (Å²) in [5.74, 6) is -2.33. The molecule has 1 heterocycles. The van der Waals surface area contributed by atoms with Crippen molar-refractivity contribution in [1.29, 1.82) is 0 Å². The Balaban J connectivity index is 1.52. The van der Waals surface area contributed by atoms with E-state index in [4.69, 9.17) is 5.73 Å². The van der Waals surface area contributed by atoms with Crippen LogP contribution in [0.4, 0.5) is 40.3 Å². The van der Waals surface area contributed by atoms with Crippen molar-refractivity contribution < 1.29 is 53.6 Å². The van der Waals surface area contributed by atoms with Crippen LogP contribution in [0.1, 0.15) is 48.5 Å². The Hall–Kier alpha value is -6.04. The average Bonchev–Trinajstić information content (AvgIpc) is 3.06. The van der Waals surface area contributed by atoms with Gasteiger partial charge < -0.3 is 26.8 Å². The quantitative estimate of drug-likeness (QED) is 0.0761. The van der Waals surface area contributed by atoms with Gasteiger partial charge in [0, 0.05) is 22.5 Å². The van der Waals surface area contributed by atoms with E-state index in [-0.39, 0.29) is 62.1 Å². The number of fused-ring (bicyclic) bond motifs is 2. The van der Waals surface area contributed by atoms with Gasteiger partial charge in [-0.3, -0.25) is 23.2 Å². The third-order valence-electron chi connectivity index (χ3n) is 8.43. The maximum absolute atomic E-state index is 13.9. The minimum Gasteiger partial charge on any atom is -0.479 e. The number of aromatic nitrogens is 3. The van der Waals surface area contributed by atoms with Crippen LogP contribution < -0.4 is 21.7 Å². The maximum Gasteiger partial charge on any atom is 0.320 e. The molecule has 0 saturated heterocycles. The fourth-order valence-electron chi connectivity index (χ4n) is 6.15. The summed E-state index contributed by atoms with van der Waals surface area (Å²) in [6.07, 6.45) is 0. The van der Waals surface area contributed by atoms with Gasteiger partial charge in [-0.05, 0) is 61.7 Å². The Morgan fingerprint density at radius 1 is 0.630 bits per heavy atom. The van der Waals surface area contributed by atoms with E-state index in [1.54, 1.807) is 0 Å². The molecule has 5 aromatic rings. The van der Waals surface area contributed by atoms with Crippen molar-refractivity contribution in [3.8, 4) is 6.01 Å². The number of hydrogen-bond donors (Lipinski definition) is 8. The molecule has 0 bridgehead atoms. The van der Waals surface area contributed by atoms with Crippen LogP contribution in [0.5, 0.6) is 6.01 Å². The highest BCUT2D eigenvalue weighted by Gasteiger charge is 2.37. The van der Waals surface area contributed by atoms with Crippen molar-refractivity contribution >= 4 is 82.3 Å². The minimum absolute atomic E-state index is 0.0424. The second-order valence-electron chi connectivity index (χ2n) is 11.9. The molecule has 1 aliphatic carbocycles. The normalized spacial score (nSPS) is 12.9. The van der Waals surface area contributed by atoms with E-state index in [9.17, 15) is 53.6 Å². The maximum atomic E-state index is 13.9. The lowest BCUT2D eigenvalue weighted by molar-refractivity contribution is 0.0980. The first-order valence-electron chi connectivity index (χ1n) is 15.1. The molecule has 19 nitrogen and oxygen atoms in total. The Bertz CT molecular complexity index is 2830. The Kier molecular flexibility index (Phi) is 9.16. The topological polar surface area (TPSA) is 318 Å². The number of nitrogens with two attached hydrogens (primary N) is 1. The number of nitrogen functional groups attached to an aromatic ring is 1. The standard InChI is InChI=1S/C32H27N7O12S3/c1-13-25(35-20-12-21(53(46,47)48)24(33)23-22(20)27(40)18-9-4-5-10-19(18)28(23)41)14(2)29(54(49,50)51)15(3)26(13)36-31-37-30(38-32(42)39-31)34-16-7-6-8-17(11-16)52(43,44)45/h4-12,35H,33H2,1-3H3,(H,43,44,45)(H,46,47,48)(H,49,50,51)(H3,34,36,37,38,39,42). The number of aromatic hydroxyl groups is 1. The van der Waals surface area contributed by atoms with E-state index >= 15 is 0 Å². The Labute approximate surface area is 306 Å². The van der Waals surface area contributed by atoms with Gasteiger partial charge in [-0.15, -0.1) is 0 Å². The molecule has 22 heteroatoms. The number of hydrogen-bond acceptors (Lipinski definition) is 16. The van der Waals surface area contributed by atoms with Crippen molar-refractivity contribution in [2.75, 3.05) is 21.7 Å². The summed E-state index contributed by atoms with van der Waals surface area (Å²) in [5, 5.41) is 18.5. The molecule has 4 aromatic carbocycles. The van der Waals surface area contributed by atoms with Crippen molar-refractivity contribution in [3.05, 3.63) is 93.5 Å². The number of benzene rings is 4. The average molecular weight is 798 g/mol. The van der Waals surface area contributed by atoms with Gasteiger partial charge in [0.25, 0.3) is 30.4 Å². The van der Waals surface area contributed by atoms with Gasteiger partial charge in [0.05, 0.1) is 33.1 Å². The molecule has 6 rings (SSSR count). The molecule has 0 fully saturated rings. The first-order valence-corrected chi connectivity index (χ1v) is 19.5. The first-order chi connectivity index (χ1) is 25.1. The summed E-state index contributed by atoms with van der Waals surface area (Å²) < 4.78 is 104. The van der Waals surface area contributed by atoms with Crippen LogP contribution in [0, 0.1) is 20.8 Å². The highest BCUT2D eigenvalue weighted by molar-refractivity contribution is 7.86. The summed E-state index contributed by atoms with van der Waals surface area (Å²) in [7, 11) is -14.7. The monoisotopic (exact) mass is 797 g/mol. The molecule has 1 aromatic heterocycles. The summed E-state index contributed by atoms with van der Waals surface area (Å²) in [6, 6.07) is 10.5. The first kappa shape index (κ1) is 37.7. The molecule has 0 aliphatic heterocycles. The van der Waals surface area contributed by atoms with Crippen LogP contribution in [0.3, 0.4) is 0 Å². The lowest BCUT2D eigenvalue weighted by atomic mass is 9.82. The van der Waals surface area contributed by atoms with Crippen molar-refractivity contribution in [3.63, 3.8) is 0 Å². The van der Waals surface area contributed by atoms with E-state index in [1.165, 1.54) is 57.2 Å². The number of carbonyl (C=O) groups is 2. The number of ketones is 2. The van der Waals surface area contributed by atoms with E-state index in [0.717, 1.165) is 18.2 Å². The summed E-state index contributed by atoms with van der Waals surface area (Å²) in [6.45, 7) is 4.06. The minimum atomic E-state index is -5.12. The summed E-state index contributed by atoms with van der Waals surface area (Å²) >= 11 is 0. The van der Waals surface area contributed by atoms with Crippen LogP contribution in [-0.4, -0.2) is 70.5 Å². The van der Waals surface area contributed by atoms with Crippen LogP contribution in [0.25, 0.3) is 0 Å². The summed E-state index contributed by atoms with van der Waals surface area (Å²) in [4.78, 5) is 37.2.